The van der Waals surface area contributed by atoms with Gasteiger partial charge in [0.05, 0.1) is 4.88 Å². The molecule has 0 saturated heterocycles. The molecular weight excluding hydrogens is 252 g/mol. The summed E-state index contributed by atoms with van der Waals surface area (Å²) in [5, 5.41) is 2.83. The monoisotopic (exact) mass is 266 g/mol. The van der Waals surface area contributed by atoms with E-state index in [4.69, 9.17) is 11.6 Å². The van der Waals surface area contributed by atoms with Crippen LogP contribution in [0.3, 0.4) is 0 Å². The van der Waals surface area contributed by atoms with Crippen molar-refractivity contribution >= 4 is 28.7 Å². The van der Waals surface area contributed by atoms with Gasteiger partial charge in [0.1, 0.15) is 0 Å². The normalized spacial score (nSPS) is 9.35. The van der Waals surface area contributed by atoms with Crippen LogP contribution in [0.4, 0.5) is 0 Å². The molecule has 1 aromatic carbocycles. The van der Waals surface area contributed by atoms with Crippen molar-refractivity contribution in [2.24, 2.45) is 0 Å². The van der Waals surface area contributed by atoms with Gasteiger partial charge in [-0.05, 0) is 42.5 Å². The predicted molar refractivity (Wildman–Crippen MR) is 75.2 cm³/mol. The van der Waals surface area contributed by atoms with Gasteiger partial charge in [0.25, 0.3) is 0 Å². The summed E-state index contributed by atoms with van der Waals surface area (Å²) in [6.45, 7) is 3.69. The molecule has 0 spiro atoms. The molecule has 0 aliphatic carbocycles. The van der Waals surface area contributed by atoms with Crippen LogP contribution in [0, 0.1) is 0 Å². The minimum atomic E-state index is 0.171. The Morgan fingerprint density at radius 3 is 2.24 bits per heavy atom. The highest BCUT2D eigenvalue weighted by Crippen LogP contribution is 2.15. The van der Waals surface area contributed by atoms with Gasteiger partial charge in [-0.1, -0.05) is 36.7 Å². The number of carbonyl (C=O) groups excluding carboxylic acids is 1. The Bertz CT molecular complexity index is 462. The number of ketones is 1. The molecule has 0 fully saturated rings. The third kappa shape index (κ3) is 5.16. The van der Waals surface area contributed by atoms with Crippen molar-refractivity contribution in [1.82, 2.24) is 0 Å². The molecule has 0 saturated carbocycles. The number of aryl methyl sites for hydroxylation is 1. The van der Waals surface area contributed by atoms with Gasteiger partial charge in [-0.25, -0.2) is 0 Å². The lowest BCUT2D eigenvalue weighted by Crippen LogP contribution is -1.84. The lowest BCUT2D eigenvalue weighted by Gasteiger charge is -1.83. The minimum absolute atomic E-state index is 0.171. The number of rotatable bonds is 2. The van der Waals surface area contributed by atoms with Crippen LogP contribution in [0.1, 0.15) is 29.1 Å². The Labute approximate surface area is 111 Å². The topological polar surface area (TPSA) is 17.1 Å². The van der Waals surface area contributed by atoms with Crippen LogP contribution in [0.5, 0.6) is 0 Å². The third-order valence-electron chi connectivity index (χ3n) is 2.14. The van der Waals surface area contributed by atoms with Gasteiger partial charge in [-0.3, -0.25) is 4.79 Å². The van der Waals surface area contributed by atoms with Crippen LogP contribution in [0.15, 0.2) is 41.8 Å². The molecule has 0 radical (unpaired) electrons. The Kier molecular flexibility index (Phi) is 5.95. The summed E-state index contributed by atoms with van der Waals surface area (Å²) >= 11 is 7.07. The van der Waals surface area contributed by atoms with Crippen LogP contribution in [-0.2, 0) is 6.42 Å². The van der Waals surface area contributed by atoms with Crippen molar-refractivity contribution in [3.05, 3.63) is 57.2 Å². The quantitative estimate of drug-likeness (QED) is 0.710. The van der Waals surface area contributed by atoms with E-state index < -0.39 is 0 Å². The average Bonchev–Trinajstić information content (AvgIpc) is 2.79. The first-order valence-electron chi connectivity index (χ1n) is 5.42. The molecule has 1 nitrogen and oxygen atoms in total. The van der Waals surface area contributed by atoms with E-state index in [2.05, 4.69) is 6.92 Å². The molecule has 2 rings (SSSR count). The van der Waals surface area contributed by atoms with Crippen molar-refractivity contribution in [3.8, 4) is 0 Å². The second kappa shape index (κ2) is 7.25. The maximum Gasteiger partial charge on any atom is 0.169 e. The van der Waals surface area contributed by atoms with Crippen LogP contribution in [0.25, 0.3) is 0 Å². The average molecular weight is 267 g/mol. The molecule has 0 unspecified atom stereocenters. The predicted octanol–water partition coefficient (Wildman–Crippen LogP) is 4.85. The first kappa shape index (κ1) is 13.9. The largest absolute Gasteiger partial charge is 0.294 e. The van der Waals surface area contributed by atoms with Crippen molar-refractivity contribution in [1.29, 1.82) is 0 Å². The number of Topliss-reactive ketones (excluding diaryl/α,β-unsaturated/α-hetero) is 1. The van der Waals surface area contributed by atoms with Crippen LogP contribution in [0.2, 0.25) is 5.02 Å². The molecule has 0 atom stereocenters. The van der Waals surface area contributed by atoms with Gasteiger partial charge in [-0.15, -0.1) is 11.3 Å². The number of thiophene rings is 1. The highest BCUT2D eigenvalue weighted by Gasteiger charge is 2.01. The lowest BCUT2D eigenvalue weighted by atomic mass is 10.2. The van der Waals surface area contributed by atoms with Gasteiger partial charge in [0, 0.05) is 5.02 Å². The lowest BCUT2D eigenvalue weighted by molar-refractivity contribution is 0.102. The van der Waals surface area contributed by atoms with Gasteiger partial charge < -0.3 is 0 Å². The SMILES string of the molecule is CCc1csc(C(C)=O)c1.Clc1ccccc1. The molecule has 90 valence electrons. The van der Waals surface area contributed by atoms with Crippen molar-refractivity contribution in [3.63, 3.8) is 0 Å². The summed E-state index contributed by atoms with van der Waals surface area (Å²) < 4.78 is 0. The molecule has 2 aromatic rings. The molecule has 0 N–H and O–H groups in total. The molecule has 0 bridgehead atoms. The third-order valence-corrected chi connectivity index (χ3v) is 3.47. The van der Waals surface area contributed by atoms with Gasteiger partial charge in [0.15, 0.2) is 5.78 Å². The van der Waals surface area contributed by atoms with Crippen molar-refractivity contribution in [2.45, 2.75) is 20.3 Å². The fourth-order valence-corrected chi connectivity index (χ4v) is 2.20. The molecule has 0 amide bonds. The molecule has 1 heterocycles. The van der Waals surface area contributed by atoms with E-state index in [0.29, 0.717) is 0 Å². The number of benzene rings is 1. The van der Waals surface area contributed by atoms with Gasteiger partial charge in [-0.2, -0.15) is 0 Å². The van der Waals surface area contributed by atoms with Crippen LogP contribution < -0.4 is 0 Å². The molecule has 3 heteroatoms. The summed E-state index contributed by atoms with van der Waals surface area (Å²) in [5.74, 6) is 0.171. The van der Waals surface area contributed by atoms with Crippen LogP contribution >= 0.6 is 22.9 Å². The summed E-state index contributed by atoms with van der Waals surface area (Å²) in [7, 11) is 0. The number of carbonyl (C=O) groups is 1. The van der Waals surface area contributed by atoms with E-state index >= 15 is 0 Å². The molecule has 0 aliphatic rings. The maximum atomic E-state index is 10.8. The highest BCUT2D eigenvalue weighted by atomic mass is 35.5. The van der Waals surface area contributed by atoms with Crippen molar-refractivity contribution < 1.29 is 4.79 Å². The molecule has 17 heavy (non-hydrogen) atoms. The number of hydrogen-bond donors (Lipinski definition) is 0. The zero-order valence-electron chi connectivity index (χ0n) is 9.94. The zero-order chi connectivity index (χ0) is 12.7. The van der Waals surface area contributed by atoms with Crippen LogP contribution in [-0.4, -0.2) is 5.78 Å². The van der Waals surface area contributed by atoms with Gasteiger partial charge in [0.2, 0.25) is 0 Å². The van der Waals surface area contributed by atoms with E-state index in [0.717, 1.165) is 16.3 Å². The summed E-state index contributed by atoms with van der Waals surface area (Å²) in [4.78, 5) is 11.7. The van der Waals surface area contributed by atoms with E-state index in [-0.39, 0.29) is 5.78 Å². The smallest absolute Gasteiger partial charge is 0.169 e. The minimum Gasteiger partial charge on any atom is -0.294 e. The van der Waals surface area contributed by atoms with E-state index in [1.165, 1.54) is 16.9 Å². The second-order valence-electron chi connectivity index (χ2n) is 3.52. The molecule has 1 aromatic heterocycles. The van der Waals surface area contributed by atoms with E-state index in [9.17, 15) is 4.79 Å². The highest BCUT2D eigenvalue weighted by molar-refractivity contribution is 7.12. The molecule has 0 aliphatic heterocycles. The molecular formula is C14H15ClOS. The summed E-state index contributed by atoms with van der Waals surface area (Å²) in [6, 6.07) is 11.4. The van der Waals surface area contributed by atoms with Gasteiger partial charge >= 0.3 is 0 Å². The van der Waals surface area contributed by atoms with Crippen molar-refractivity contribution in [2.75, 3.05) is 0 Å². The van der Waals surface area contributed by atoms with E-state index in [1.54, 1.807) is 6.92 Å². The summed E-state index contributed by atoms with van der Waals surface area (Å²) in [5.41, 5.74) is 1.26. The Morgan fingerprint density at radius 2 is 1.94 bits per heavy atom. The Balaban J connectivity index is 0.000000181. The zero-order valence-corrected chi connectivity index (χ0v) is 11.5. The second-order valence-corrected chi connectivity index (χ2v) is 4.87. The fraction of sp³-hybridized carbons (Fsp3) is 0.214. The maximum absolute atomic E-state index is 10.8. The van der Waals surface area contributed by atoms with E-state index in [1.807, 2.05) is 41.8 Å². The Hall–Kier alpha value is -1.12. The fourth-order valence-electron chi connectivity index (χ4n) is 1.16. The number of hydrogen-bond acceptors (Lipinski definition) is 2. The first-order valence-corrected chi connectivity index (χ1v) is 6.68. The summed E-state index contributed by atoms with van der Waals surface area (Å²) in [6.07, 6.45) is 1.02. The Morgan fingerprint density at radius 1 is 1.29 bits per heavy atom. The number of halogens is 1. The standard InChI is InChI=1S/C8H10OS.C6H5Cl/c1-3-7-4-8(6(2)9)10-5-7;7-6-4-2-1-3-5-6/h4-5H,3H2,1-2H3;1-5H. The first-order chi connectivity index (χ1) is 8.13.